The monoisotopic (exact) mass is 498 g/mol. The van der Waals surface area contributed by atoms with E-state index in [2.05, 4.69) is 80.4 Å². The van der Waals surface area contributed by atoms with Gasteiger partial charge in [0.15, 0.2) is 0 Å². The number of hydrogen-bond acceptors (Lipinski definition) is 6. The first-order valence-electron chi connectivity index (χ1n) is 12.9. The fraction of sp³-hybridized carbons (Fsp3) is 0.920. The number of carbonyl (C=O) groups is 2. The topological polar surface area (TPSA) is 55.9 Å². The minimum Gasteiger partial charge on any atom is -0.341 e. The summed E-state index contributed by atoms with van der Waals surface area (Å²) in [4.78, 5) is 33.3. The van der Waals surface area contributed by atoms with Gasteiger partial charge in [-0.15, -0.1) is 23.5 Å². The number of nitrogens with zero attached hydrogens (tertiary/aromatic N) is 3. The number of rotatable bonds is 8. The van der Waals surface area contributed by atoms with Crippen LogP contribution in [0.3, 0.4) is 0 Å². The molecule has 1 spiro atoms. The summed E-state index contributed by atoms with van der Waals surface area (Å²) in [6.07, 6.45) is 3.69. The Morgan fingerprint density at radius 2 is 1.73 bits per heavy atom. The quantitative estimate of drug-likeness (QED) is 0.555. The van der Waals surface area contributed by atoms with Crippen LogP contribution >= 0.6 is 23.5 Å². The van der Waals surface area contributed by atoms with Gasteiger partial charge in [0.25, 0.3) is 0 Å². The summed E-state index contributed by atoms with van der Waals surface area (Å²) in [6, 6.07) is -0.476. The van der Waals surface area contributed by atoms with Gasteiger partial charge >= 0.3 is 0 Å². The van der Waals surface area contributed by atoms with Crippen LogP contribution in [0.2, 0.25) is 0 Å². The molecule has 190 valence electrons. The first kappa shape index (κ1) is 27.2. The minimum absolute atomic E-state index is 0.118. The molecular formula is C25H46N4O2S2. The number of thioether (sulfide) groups is 2. The molecule has 3 heterocycles. The Morgan fingerprint density at radius 1 is 1.09 bits per heavy atom. The Kier molecular flexibility index (Phi) is 9.87. The highest BCUT2D eigenvalue weighted by Gasteiger charge is 2.43. The maximum Gasteiger partial charge on any atom is 0.245 e. The Morgan fingerprint density at radius 3 is 2.27 bits per heavy atom. The number of amides is 2. The van der Waals surface area contributed by atoms with Crippen molar-refractivity contribution in [2.75, 3.05) is 58.3 Å². The third-order valence-corrected chi connectivity index (χ3v) is 10.9. The van der Waals surface area contributed by atoms with Gasteiger partial charge in [0.1, 0.15) is 6.04 Å². The lowest BCUT2D eigenvalue weighted by Gasteiger charge is -2.47. The van der Waals surface area contributed by atoms with E-state index in [4.69, 9.17) is 0 Å². The van der Waals surface area contributed by atoms with Crippen molar-refractivity contribution in [3.05, 3.63) is 0 Å². The van der Waals surface area contributed by atoms with Crippen molar-refractivity contribution in [3.63, 3.8) is 0 Å². The van der Waals surface area contributed by atoms with Gasteiger partial charge in [0, 0.05) is 32.7 Å². The standard InChI is InChI=1S/C25H46N4O2S2/c1-18(2)13-21-23(30)29(12-9-26-21)22(14-19(3)4)24(31)28-10-7-25(8-11-28)32-16-20(17-33-25)15-27(5)6/h18-22,26H,7-17H2,1-6H3/t21-,22-/m0/s1. The van der Waals surface area contributed by atoms with Crippen LogP contribution in [0.15, 0.2) is 0 Å². The zero-order chi connectivity index (χ0) is 24.2. The second-order valence-electron chi connectivity index (χ2n) is 11.3. The molecule has 3 fully saturated rings. The third-order valence-electron chi connectivity index (χ3n) is 7.01. The molecule has 1 N–H and O–H groups in total. The maximum atomic E-state index is 13.7. The second kappa shape index (κ2) is 12.0. The van der Waals surface area contributed by atoms with Gasteiger partial charge in [-0.3, -0.25) is 9.59 Å². The van der Waals surface area contributed by atoms with Crippen molar-refractivity contribution in [1.82, 2.24) is 20.0 Å². The van der Waals surface area contributed by atoms with E-state index in [1.807, 2.05) is 4.90 Å². The lowest BCUT2D eigenvalue weighted by molar-refractivity contribution is -0.150. The highest BCUT2D eigenvalue weighted by Crippen LogP contribution is 2.50. The molecule has 0 aromatic rings. The van der Waals surface area contributed by atoms with E-state index in [0.717, 1.165) is 57.8 Å². The summed E-state index contributed by atoms with van der Waals surface area (Å²) in [7, 11) is 4.32. The fourth-order valence-corrected chi connectivity index (χ4v) is 8.71. The summed E-state index contributed by atoms with van der Waals surface area (Å²) >= 11 is 4.26. The molecule has 3 aliphatic rings. The molecule has 0 unspecified atom stereocenters. The summed E-state index contributed by atoms with van der Waals surface area (Å²) in [5.41, 5.74) is 0. The number of nitrogens with one attached hydrogen (secondary N) is 1. The number of likely N-dealkylation sites (tertiary alicyclic amines) is 1. The molecule has 0 radical (unpaired) electrons. The summed E-state index contributed by atoms with van der Waals surface area (Å²) in [6.45, 7) is 12.8. The van der Waals surface area contributed by atoms with Crippen molar-refractivity contribution in [2.45, 2.75) is 69.5 Å². The van der Waals surface area contributed by atoms with Crippen molar-refractivity contribution in [2.24, 2.45) is 17.8 Å². The van der Waals surface area contributed by atoms with Gasteiger partial charge < -0.3 is 20.0 Å². The van der Waals surface area contributed by atoms with Gasteiger partial charge in [-0.25, -0.2) is 0 Å². The van der Waals surface area contributed by atoms with Crippen LogP contribution in [0, 0.1) is 17.8 Å². The lowest BCUT2D eigenvalue weighted by Crippen LogP contribution is -2.62. The van der Waals surface area contributed by atoms with Crippen LogP contribution in [0.4, 0.5) is 0 Å². The summed E-state index contributed by atoms with van der Waals surface area (Å²) in [5, 5.41) is 3.39. The lowest BCUT2D eigenvalue weighted by atomic mass is 9.96. The normalized spacial score (nSPS) is 25.5. The zero-order valence-electron chi connectivity index (χ0n) is 21.6. The number of piperazine rings is 1. The fourth-order valence-electron chi connectivity index (χ4n) is 5.35. The second-order valence-corrected chi connectivity index (χ2v) is 14.4. The largest absolute Gasteiger partial charge is 0.341 e. The van der Waals surface area contributed by atoms with E-state index in [1.54, 1.807) is 0 Å². The van der Waals surface area contributed by atoms with Crippen LogP contribution in [0.5, 0.6) is 0 Å². The smallest absolute Gasteiger partial charge is 0.245 e. The number of carbonyl (C=O) groups excluding carboxylic acids is 2. The highest BCUT2D eigenvalue weighted by molar-refractivity contribution is 8.18. The number of piperidine rings is 1. The molecule has 2 amide bonds. The van der Waals surface area contributed by atoms with Gasteiger partial charge in [0.05, 0.1) is 10.1 Å². The average Bonchev–Trinajstić information content (AvgIpc) is 2.75. The first-order valence-corrected chi connectivity index (χ1v) is 14.8. The van der Waals surface area contributed by atoms with Gasteiger partial charge in [0.2, 0.25) is 11.8 Å². The molecule has 6 nitrogen and oxygen atoms in total. The molecule has 33 heavy (non-hydrogen) atoms. The molecule has 3 rings (SSSR count). The SMILES string of the molecule is CC(C)C[C@@H]1NCCN([C@@H](CC(C)C)C(=O)N2CCC3(CC2)SCC(CN(C)C)CS3)C1=O. The molecule has 0 aliphatic carbocycles. The average molecular weight is 499 g/mol. The molecule has 3 saturated heterocycles. The van der Waals surface area contributed by atoms with E-state index < -0.39 is 0 Å². The molecular weight excluding hydrogens is 452 g/mol. The van der Waals surface area contributed by atoms with Crippen molar-refractivity contribution in [3.8, 4) is 0 Å². The molecule has 0 aromatic carbocycles. The molecule has 0 saturated carbocycles. The third kappa shape index (κ3) is 7.28. The van der Waals surface area contributed by atoms with Gasteiger partial charge in [-0.2, -0.15) is 0 Å². The Labute approximate surface area is 210 Å². The van der Waals surface area contributed by atoms with Crippen LogP contribution < -0.4 is 5.32 Å². The van der Waals surface area contributed by atoms with Crippen LogP contribution in [-0.2, 0) is 9.59 Å². The van der Waals surface area contributed by atoms with E-state index in [9.17, 15) is 9.59 Å². The predicted octanol–water partition coefficient (Wildman–Crippen LogP) is 3.22. The summed E-state index contributed by atoms with van der Waals surface area (Å²) in [5.74, 6) is 4.32. The minimum atomic E-state index is -0.320. The van der Waals surface area contributed by atoms with E-state index >= 15 is 0 Å². The van der Waals surface area contributed by atoms with E-state index in [0.29, 0.717) is 18.4 Å². The van der Waals surface area contributed by atoms with E-state index in [-0.39, 0.29) is 28.0 Å². The zero-order valence-corrected chi connectivity index (χ0v) is 23.3. The number of hydrogen-bond donors (Lipinski definition) is 1. The Balaban J connectivity index is 1.61. The van der Waals surface area contributed by atoms with Gasteiger partial charge in [-0.05, 0) is 69.0 Å². The summed E-state index contributed by atoms with van der Waals surface area (Å²) < 4.78 is 0.278. The molecule has 2 atom stereocenters. The highest BCUT2D eigenvalue weighted by atomic mass is 32.2. The van der Waals surface area contributed by atoms with Crippen molar-refractivity contribution in [1.29, 1.82) is 0 Å². The van der Waals surface area contributed by atoms with Crippen LogP contribution in [0.25, 0.3) is 0 Å². The Hall–Kier alpha value is -0.440. The maximum absolute atomic E-state index is 13.7. The predicted molar refractivity (Wildman–Crippen MR) is 142 cm³/mol. The van der Waals surface area contributed by atoms with Gasteiger partial charge in [-0.1, -0.05) is 27.7 Å². The van der Waals surface area contributed by atoms with Crippen molar-refractivity contribution < 1.29 is 9.59 Å². The van der Waals surface area contributed by atoms with Crippen LogP contribution in [-0.4, -0.2) is 101 Å². The van der Waals surface area contributed by atoms with Crippen molar-refractivity contribution >= 4 is 35.3 Å². The molecule has 3 aliphatic heterocycles. The van der Waals surface area contributed by atoms with E-state index in [1.165, 1.54) is 11.5 Å². The molecule has 0 aromatic heterocycles. The molecule has 8 heteroatoms. The first-order chi connectivity index (χ1) is 15.6. The molecule has 0 bridgehead atoms. The Bertz CT molecular complexity index is 655. The van der Waals surface area contributed by atoms with Crippen LogP contribution in [0.1, 0.15) is 53.4 Å².